The molecule has 274 valence electrons. The molecule has 4 saturated heterocycles. The van der Waals surface area contributed by atoms with E-state index in [4.69, 9.17) is 30.8 Å². The molecule has 7 rings (SSSR count). The quantitative estimate of drug-likeness (QED) is 0.181. The molecule has 0 radical (unpaired) electrons. The maximum absolute atomic E-state index is 14.5. The average molecular weight is 724 g/mol. The van der Waals surface area contributed by atoms with Crippen molar-refractivity contribution in [2.75, 3.05) is 43.4 Å². The minimum Gasteiger partial charge on any atom is -0.461 e. The smallest absolute Gasteiger partial charge is 0.410 e. The molecule has 1 aliphatic carbocycles. The van der Waals surface area contributed by atoms with Crippen LogP contribution in [0.2, 0.25) is 0 Å². The van der Waals surface area contributed by atoms with E-state index < -0.39 is 28.7 Å². The van der Waals surface area contributed by atoms with Gasteiger partial charge in [0.25, 0.3) is 0 Å². The van der Waals surface area contributed by atoms with Crippen LogP contribution in [-0.4, -0.2) is 99.8 Å². The van der Waals surface area contributed by atoms with Crippen LogP contribution in [0.4, 0.5) is 20.0 Å². The van der Waals surface area contributed by atoms with Crippen LogP contribution in [0.25, 0.3) is 0 Å². The van der Waals surface area contributed by atoms with Crippen molar-refractivity contribution in [2.24, 2.45) is 10.9 Å². The van der Waals surface area contributed by atoms with Crippen molar-refractivity contribution in [1.82, 2.24) is 19.8 Å². The van der Waals surface area contributed by atoms with Gasteiger partial charge in [0.05, 0.1) is 28.6 Å². The van der Waals surface area contributed by atoms with Crippen molar-refractivity contribution in [3.8, 4) is 12.1 Å². The van der Waals surface area contributed by atoms with Crippen LogP contribution in [0.15, 0.2) is 11.2 Å². The zero-order valence-corrected chi connectivity index (χ0v) is 30.4. The molecule has 0 aromatic carbocycles. The number of carbonyl (C=O) groups excluding carboxylic acids is 2. The first kappa shape index (κ1) is 35.2. The maximum atomic E-state index is 14.5. The van der Waals surface area contributed by atoms with Gasteiger partial charge < -0.3 is 30.7 Å². The van der Waals surface area contributed by atoms with Gasteiger partial charge in [0, 0.05) is 42.6 Å². The van der Waals surface area contributed by atoms with Crippen LogP contribution in [-0.2, 0) is 26.2 Å². The number of fused-ring (bicyclic) bond motifs is 4. The van der Waals surface area contributed by atoms with Gasteiger partial charge in [0.1, 0.15) is 41.0 Å². The number of halogens is 1. The van der Waals surface area contributed by atoms with Crippen LogP contribution in [0.3, 0.4) is 0 Å². The molecule has 6 heterocycles. The zero-order chi connectivity index (χ0) is 36.3. The number of thiophene rings is 1. The molecule has 2 bridgehead atoms. The zero-order valence-electron chi connectivity index (χ0n) is 29.6. The minimum atomic E-state index is -1.13. The lowest BCUT2D eigenvalue weighted by molar-refractivity contribution is -0.150. The Balaban J connectivity index is 1.15. The van der Waals surface area contributed by atoms with Gasteiger partial charge in [-0.05, 0) is 79.2 Å². The number of ether oxygens (including phenoxy) is 2. The lowest BCUT2D eigenvalue weighted by atomic mass is 9.72. The van der Waals surface area contributed by atoms with E-state index in [1.165, 1.54) is 11.3 Å². The number of nitrogen functional groups attached to an aromatic ring is 1. The fourth-order valence-corrected chi connectivity index (χ4v) is 9.85. The predicted molar refractivity (Wildman–Crippen MR) is 188 cm³/mol. The summed E-state index contributed by atoms with van der Waals surface area (Å²) in [6, 6.07) is 3.72. The number of nitrogens with two attached hydrogens (primary N) is 2. The number of piperazine rings is 1. The molecule has 4 N–H and O–H groups in total. The molecule has 0 spiro atoms. The first-order valence-corrected chi connectivity index (χ1v) is 18.6. The van der Waals surface area contributed by atoms with E-state index in [1.54, 1.807) is 13.0 Å². The number of amides is 1. The van der Waals surface area contributed by atoms with Gasteiger partial charge in [-0.1, -0.05) is 5.16 Å². The summed E-state index contributed by atoms with van der Waals surface area (Å²) in [5, 5.41) is 14.2. The molecule has 16 heteroatoms. The number of oxime groups is 1. The lowest BCUT2D eigenvalue weighted by Crippen LogP contribution is -2.57. The topological polar surface area (TPSA) is 186 Å². The van der Waals surface area contributed by atoms with E-state index in [1.807, 2.05) is 25.7 Å². The summed E-state index contributed by atoms with van der Waals surface area (Å²) in [6.07, 6.45) is 4.50. The number of alkyl halides is 1. The van der Waals surface area contributed by atoms with Crippen molar-refractivity contribution >= 4 is 40.1 Å². The van der Waals surface area contributed by atoms with Gasteiger partial charge in [-0.3, -0.25) is 9.80 Å². The van der Waals surface area contributed by atoms with Crippen LogP contribution in [0, 0.1) is 11.3 Å². The normalized spacial score (nSPS) is 29.0. The van der Waals surface area contributed by atoms with E-state index in [2.05, 4.69) is 26.0 Å². The van der Waals surface area contributed by atoms with Crippen LogP contribution >= 0.6 is 11.3 Å². The molecule has 4 aliphatic heterocycles. The van der Waals surface area contributed by atoms with E-state index in [-0.39, 0.29) is 42.3 Å². The second-order valence-electron chi connectivity index (χ2n) is 15.7. The highest BCUT2D eigenvalue weighted by atomic mass is 32.1. The second kappa shape index (κ2) is 13.1. The van der Waals surface area contributed by atoms with Crippen molar-refractivity contribution in [3.05, 3.63) is 27.8 Å². The molecule has 0 saturated carbocycles. The molecular weight excluding hydrogens is 678 g/mol. The number of hydrogen-bond acceptors (Lipinski definition) is 13. The molecule has 2 aromatic heterocycles. The van der Waals surface area contributed by atoms with Crippen molar-refractivity contribution < 1.29 is 28.3 Å². The Morgan fingerprint density at radius 3 is 2.63 bits per heavy atom. The van der Waals surface area contributed by atoms with E-state index >= 15 is 0 Å². The Morgan fingerprint density at radius 1 is 1.18 bits per heavy atom. The Morgan fingerprint density at radius 2 is 1.92 bits per heavy atom. The molecule has 5 atom stereocenters. The van der Waals surface area contributed by atoms with Gasteiger partial charge in [-0.15, -0.1) is 11.3 Å². The number of hydrogen-bond donors (Lipinski definition) is 2. The SMILES string of the molecule is CC(C)(C)OC(=O)N1[C@@H]2CC[C@H]1CN(c1cc(/C(N)=N/OC(=O)C3(C)CCCc4sc(N)c(C#N)c43)nc(OC[C@@]34CCCN3C[C@H](F)C4)n1)C2. The van der Waals surface area contributed by atoms with Gasteiger partial charge >= 0.3 is 18.1 Å². The number of aryl methyl sites for hydroxylation is 1. The Bertz CT molecular complexity index is 1780. The van der Waals surface area contributed by atoms with Gasteiger partial charge in [-0.25, -0.2) is 14.0 Å². The fraction of sp³-hybridized carbons (Fsp3) is 0.657. The standard InChI is InChI=1S/C35H46FN9O5S/c1-33(2,3)49-32(47)45-21-8-9-22(45)18-43(17-21)26-13-24(40-31(41-26)48-19-35-11-6-12-44(35)16-20(36)14-35)28(38)42-50-30(46)34(4)10-5-7-25-27(34)23(15-37)29(39)51-25/h13,20-22H,5-12,14,16-19,39H2,1-4H3,(H2,38,42)/t20-,21-,22+,34?,35+/m1/s1. The van der Waals surface area contributed by atoms with Crippen molar-refractivity contribution in [2.45, 2.75) is 114 Å². The monoisotopic (exact) mass is 723 g/mol. The van der Waals surface area contributed by atoms with Gasteiger partial charge in [0.2, 0.25) is 0 Å². The van der Waals surface area contributed by atoms with Crippen molar-refractivity contribution in [3.63, 3.8) is 0 Å². The number of carbonyl (C=O) groups is 2. The maximum Gasteiger partial charge on any atom is 0.410 e. The lowest BCUT2D eigenvalue weighted by Gasteiger charge is -2.41. The molecule has 4 fully saturated rings. The summed E-state index contributed by atoms with van der Waals surface area (Å²) < 4.78 is 26.5. The number of nitriles is 1. The minimum absolute atomic E-state index is 0.0497. The summed E-state index contributed by atoms with van der Waals surface area (Å²) in [7, 11) is 0. The highest BCUT2D eigenvalue weighted by molar-refractivity contribution is 7.16. The Labute approximate surface area is 300 Å². The molecular formula is C35H46FN9O5S. The summed E-state index contributed by atoms with van der Waals surface area (Å²) in [5.74, 6) is -0.293. The molecule has 51 heavy (non-hydrogen) atoms. The summed E-state index contributed by atoms with van der Waals surface area (Å²) in [5.41, 5.74) is 11.5. The van der Waals surface area contributed by atoms with Crippen LogP contribution < -0.4 is 21.1 Å². The number of rotatable bonds is 7. The van der Waals surface area contributed by atoms with E-state index in [0.29, 0.717) is 54.4 Å². The first-order chi connectivity index (χ1) is 24.2. The van der Waals surface area contributed by atoms with Crippen LogP contribution in [0.5, 0.6) is 6.01 Å². The molecule has 1 amide bonds. The highest BCUT2D eigenvalue weighted by Crippen LogP contribution is 2.46. The molecule has 2 aromatic rings. The molecule has 5 aliphatic rings. The Kier molecular flexibility index (Phi) is 9.02. The third kappa shape index (κ3) is 6.54. The number of amidine groups is 1. The summed E-state index contributed by atoms with van der Waals surface area (Å²) in [4.78, 5) is 48.5. The van der Waals surface area contributed by atoms with Crippen LogP contribution in [0.1, 0.15) is 94.3 Å². The number of anilines is 2. The second-order valence-corrected chi connectivity index (χ2v) is 16.9. The van der Waals surface area contributed by atoms with E-state index in [0.717, 1.165) is 49.9 Å². The largest absolute Gasteiger partial charge is 0.461 e. The van der Waals surface area contributed by atoms with Crippen molar-refractivity contribution in [1.29, 1.82) is 5.26 Å². The predicted octanol–water partition coefficient (Wildman–Crippen LogP) is 3.99. The third-order valence-electron chi connectivity index (χ3n) is 11.0. The summed E-state index contributed by atoms with van der Waals surface area (Å²) >= 11 is 1.33. The number of nitrogens with zero attached hydrogens (tertiary/aromatic N) is 7. The van der Waals surface area contributed by atoms with E-state index in [9.17, 15) is 19.2 Å². The fourth-order valence-electron chi connectivity index (χ4n) is 8.66. The number of aromatic nitrogens is 2. The average Bonchev–Trinajstić information content (AvgIpc) is 3.79. The molecule has 1 unspecified atom stereocenters. The van der Waals surface area contributed by atoms with Gasteiger partial charge in [0.15, 0.2) is 5.84 Å². The Hall–Kier alpha value is -4.23. The molecule has 14 nitrogen and oxygen atoms in total. The summed E-state index contributed by atoms with van der Waals surface area (Å²) in [6.45, 7) is 9.74. The highest BCUT2D eigenvalue weighted by Gasteiger charge is 2.50. The first-order valence-electron chi connectivity index (χ1n) is 17.7. The third-order valence-corrected chi connectivity index (χ3v) is 12.1. The van der Waals surface area contributed by atoms with Gasteiger partial charge in [-0.2, -0.15) is 15.2 Å².